The molecule has 1 unspecified atom stereocenters. The smallest absolute Gasteiger partial charge is 0.308 e. The topological polar surface area (TPSA) is 93.5 Å². The molecule has 1 atom stereocenters. The number of methoxy groups -OCH3 is 1. The number of ether oxygens (including phenoxy) is 1. The minimum atomic E-state index is -0.955. The number of rotatable bonds is 6. The van der Waals surface area contributed by atoms with Gasteiger partial charge >= 0.3 is 5.97 Å². The Balaban J connectivity index is 2.03. The fraction of sp³-hybridized carbons (Fsp3) is 0.267. The van der Waals surface area contributed by atoms with Gasteiger partial charge in [-0.1, -0.05) is 6.92 Å². The van der Waals surface area contributed by atoms with Crippen LogP contribution in [0.1, 0.15) is 17.4 Å². The lowest BCUT2D eigenvalue weighted by atomic mass is 10.2. The molecule has 0 spiro atoms. The van der Waals surface area contributed by atoms with E-state index in [9.17, 15) is 9.59 Å². The Bertz CT molecular complexity index is 664. The number of hydrogen-bond acceptors (Lipinski definition) is 4. The first kappa shape index (κ1) is 15.6. The lowest BCUT2D eigenvalue weighted by molar-refractivity contribution is -0.140. The predicted molar refractivity (Wildman–Crippen MR) is 79.2 cm³/mol. The number of aromatic nitrogens is 2. The molecule has 22 heavy (non-hydrogen) atoms. The van der Waals surface area contributed by atoms with Crippen molar-refractivity contribution in [2.24, 2.45) is 5.92 Å². The van der Waals surface area contributed by atoms with Crippen molar-refractivity contribution in [2.45, 2.75) is 6.92 Å². The molecule has 0 aliphatic carbocycles. The first-order valence-corrected chi connectivity index (χ1v) is 6.72. The number of nitrogens with zero attached hydrogens (tertiary/aromatic N) is 2. The van der Waals surface area contributed by atoms with Crippen LogP contribution in [0.5, 0.6) is 5.75 Å². The molecule has 1 aromatic carbocycles. The number of nitrogens with one attached hydrogen (secondary N) is 1. The van der Waals surface area contributed by atoms with Crippen LogP contribution >= 0.6 is 0 Å². The van der Waals surface area contributed by atoms with E-state index in [4.69, 9.17) is 9.84 Å². The van der Waals surface area contributed by atoms with E-state index in [-0.39, 0.29) is 12.2 Å². The molecule has 0 aliphatic rings. The van der Waals surface area contributed by atoms with E-state index in [2.05, 4.69) is 10.4 Å². The Morgan fingerprint density at radius 1 is 1.32 bits per heavy atom. The Morgan fingerprint density at radius 3 is 2.59 bits per heavy atom. The van der Waals surface area contributed by atoms with Gasteiger partial charge < -0.3 is 15.2 Å². The Hall–Kier alpha value is -2.83. The minimum Gasteiger partial charge on any atom is -0.497 e. The number of aliphatic carboxylic acids is 1. The molecule has 0 bridgehead atoms. The van der Waals surface area contributed by atoms with Crippen LogP contribution in [0.2, 0.25) is 0 Å². The molecule has 2 N–H and O–H groups in total. The largest absolute Gasteiger partial charge is 0.497 e. The fourth-order valence-electron chi connectivity index (χ4n) is 1.75. The van der Waals surface area contributed by atoms with Gasteiger partial charge in [-0.3, -0.25) is 9.59 Å². The third kappa shape index (κ3) is 3.63. The van der Waals surface area contributed by atoms with E-state index < -0.39 is 17.8 Å². The van der Waals surface area contributed by atoms with Crippen LogP contribution in [0.3, 0.4) is 0 Å². The zero-order chi connectivity index (χ0) is 16.1. The zero-order valence-electron chi connectivity index (χ0n) is 12.3. The number of carboxylic acids is 1. The Kier molecular flexibility index (Phi) is 4.77. The summed E-state index contributed by atoms with van der Waals surface area (Å²) in [6.07, 6.45) is 1.66. The van der Waals surface area contributed by atoms with Gasteiger partial charge in [-0.05, 0) is 30.3 Å². The number of hydrogen-bond donors (Lipinski definition) is 2. The second kappa shape index (κ2) is 6.75. The molecule has 1 heterocycles. The maximum Gasteiger partial charge on any atom is 0.308 e. The molecule has 1 amide bonds. The van der Waals surface area contributed by atoms with Gasteiger partial charge in [0, 0.05) is 12.7 Å². The average Bonchev–Trinajstić information content (AvgIpc) is 3.02. The van der Waals surface area contributed by atoms with Crippen LogP contribution in [0, 0.1) is 5.92 Å². The van der Waals surface area contributed by atoms with Crippen molar-refractivity contribution in [1.29, 1.82) is 0 Å². The highest BCUT2D eigenvalue weighted by atomic mass is 16.5. The summed E-state index contributed by atoms with van der Waals surface area (Å²) in [5.41, 5.74) is 1.02. The van der Waals surface area contributed by atoms with Crippen LogP contribution in [0.4, 0.5) is 0 Å². The molecule has 0 aliphatic heterocycles. The monoisotopic (exact) mass is 303 g/mol. The van der Waals surface area contributed by atoms with Gasteiger partial charge in [0.2, 0.25) is 0 Å². The summed E-state index contributed by atoms with van der Waals surface area (Å²) in [4.78, 5) is 22.6. The number of carboxylic acid groups (broad SMARTS) is 1. The molecule has 0 fully saturated rings. The second-order valence-electron chi connectivity index (χ2n) is 4.79. The van der Waals surface area contributed by atoms with Gasteiger partial charge in [-0.25, -0.2) is 4.68 Å². The maximum absolute atomic E-state index is 11.9. The fourth-order valence-corrected chi connectivity index (χ4v) is 1.75. The van der Waals surface area contributed by atoms with E-state index in [1.165, 1.54) is 6.92 Å². The quantitative estimate of drug-likeness (QED) is 0.839. The molecule has 0 saturated carbocycles. The van der Waals surface area contributed by atoms with Gasteiger partial charge in [0.15, 0.2) is 5.69 Å². The molecule has 7 heteroatoms. The highest BCUT2D eigenvalue weighted by molar-refractivity contribution is 5.92. The lowest BCUT2D eigenvalue weighted by Gasteiger charge is -2.07. The van der Waals surface area contributed by atoms with Gasteiger partial charge in [0.25, 0.3) is 5.91 Å². The number of benzene rings is 1. The summed E-state index contributed by atoms with van der Waals surface area (Å²) in [5.74, 6) is -1.27. The van der Waals surface area contributed by atoms with Crippen molar-refractivity contribution >= 4 is 11.9 Å². The number of carbonyl (C=O) groups excluding carboxylic acids is 1. The van der Waals surface area contributed by atoms with Gasteiger partial charge in [-0.15, -0.1) is 0 Å². The van der Waals surface area contributed by atoms with E-state index in [0.29, 0.717) is 0 Å². The summed E-state index contributed by atoms with van der Waals surface area (Å²) in [6.45, 7) is 1.59. The third-order valence-electron chi connectivity index (χ3n) is 3.15. The third-order valence-corrected chi connectivity index (χ3v) is 3.15. The van der Waals surface area contributed by atoms with Crippen molar-refractivity contribution in [3.8, 4) is 11.4 Å². The highest BCUT2D eigenvalue weighted by Crippen LogP contribution is 2.14. The summed E-state index contributed by atoms with van der Waals surface area (Å²) >= 11 is 0. The lowest BCUT2D eigenvalue weighted by Crippen LogP contribution is -2.31. The van der Waals surface area contributed by atoms with Gasteiger partial charge in [0.1, 0.15) is 5.75 Å². The van der Waals surface area contributed by atoms with Crippen LogP contribution < -0.4 is 10.1 Å². The van der Waals surface area contributed by atoms with Gasteiger partial charge in [0.05, 0.1) is 18.7 Å². The average molecular weight is 303 g/mol. The standard InChI is InChI=1S/C15H17N3O4/c1-10(15(20)21)9-16-14(19)13-7-8-18(17-13)11-3-5-12(22-2)6-4-11/h3-8,10H,9H2,1-2H3,(H,16,19)(H,20,21). The highest BCUT2D eigenvalue weighted by Gasteiger charge is 2.15. The summed E-state index contributed by atoms with van der Waals surface area (Å²) in [5, 5.41) is 15.5. The second-order valence-corrected chi connectivity index (χ2v) is 4.79. The summed E-state index contributed by atoms with van der Waals surface area (Å²) in [6, 6.07) is 8.81. The van der Waals surface area contributed by atoms with E-state index in [0.717, 1.165) is 11.4 Å². The van der Waals surface area contributed by atoms with Crippen molar-refractivity contribution in [3.05, 3.63) is 42.2 Å². The predicted octanol–water partition coefficient (Wildman–Crippen LogP) is 1.33. The number of amides is 1. The molecular weight excluding hydrogens is 286 g/mol. The van der Waals surface area contributed by atoms with Crippen molar-refractivity contribution < 1.29 is 19.4 Å². The van der Waals surface area contributed by atoms with Crippen molar-refractivity contribution in [3.63, 3.8) is 0 Å². The zero-order valence-corrected chi connectivity index (χ0v) is 12.3. The molecule has 0 radical (unpaired) electrons. The van der Waals surface area contributed by atoms with Crippen molar-refractivity contribution in [2.75, 3.05) is 13.7 Å². The normalized spacial score (nSPS) is 11.7. The summed E-state index contributed by atoms with van der Waals surface area (Å²) < 4.78 is 6.64. The summed E-state index contributed by atoms with van der Waals surface area (Å²) in [7, 11) is 1.59. The Morgan fingerprint density at radius 2 is 2.00 bits per heavy atom. The first-order chi connectivity index (χ1) is 10.5. The molecule has 116 valence electrons. The molecule has 7 nitrogen and oxygen atoms in total. The SMILES string of the molecule is COc1ccc(-n2ccc(C(=O)NCC(C)C(=O)O)n2)cc1. The van der Waals surface area contributed by atoms with Crippen molar-refractivity contribution in [1.82, 2.24) is 15.1 Å². The Labute approximate surface area is 127 Å². The molecule has 2 aromatic rings. The number of carbonyl (C=O) groups is 2. The molecule has 2 rings (SSSR count). The molecule has 0 saturated heterocycles. The van der Waals surface area contributed by atoms with Gasteiger partial charge in [-0.2, -0.15) is 5.10 Å². The van der Waals surface area contributed by atoms with Crippen LogP contribution in [0.25, 0.3) is 5.69 Å². The van der Waals surface area contributed by atoms with Crippen LogP contribution in [0.15, 0.2) is 36.5 Å². The van der Waals surface area contributed by atoms with E-state index in [1.54, 1.807) is 36.2 Å². The maximum atomic E-state index is 11.9. The van der Waals surface area contributed by atoms with Crippen LogP contribution in [-0.2, 0) is 4.79 Å². The van der Waals surface area contributed by atoms with Crippen LogP contribution in [-0.4, -0.2) is 40.4 Å². The molecular formula is C15H17N3O4. The first-order valence-electron chi connectivity index (χ1n) is 6.72. The van der Waals surface area contributed by atoms with E-state index >= 15 is 0 Å². The minimum absolute atomic E-state index is 0.0591. The molecule has 1 aromatic heterocycles. The van der Waals surface area contributed by atoms with E-state index in [1.807, 2.05) is 12.1 Å².